The Morgan fingerprint density at radius 1 is 1.18 bits per heavy atom. The van der Waals surface area contributed by atoms with Crippen LogP contribution < -0.4 is 5.32 Å². The van der Waals surface area contributed by atoms with Crippen molar-refractivity contribution in [3.63, 3.8) is 0 Å². The topological polar surface area (TPSA) is 46.9 Å². The number of amides is 1. The van der Waals surface area contributed by atoms with Gasteiger partial charge >= 0.3 is 6.18 Å². The summed E-state index contributed by atoms with van der Waals surface area (Å²) in [6.07, 6.45) is -2.19. The van der Waals surface area contributed by atoms with E-state index in [1.54, 1.807) is 24.6 Å². The summed E-state index contributed by atoms with van der Waals surface area (Å²) in [7, 11) is 1.70. The van der Waals surface area contributed by atoms with Gasteiger partial charge in [-0.05, 0) is 54.7 Å². The van der Waals surface area contributed by atoms with Gasteiger partial charge in [-0.3, -0.25) is 4.79 Å². The lowest BCUT2D eigenvalue weighted by molar-refractivity contribution is -0.137. The molecule has 3 rings (SSSR count). The first-order valence-corrected chi connectivity index (χ1v) is 11.3. The molecule has 9 heteroatoms. The van der Waals surface area contributed by atoms with Crippen LogP contribution in [0.5, 0.6) is 0 Å². The molecule has 0 fully saturated rings. The number of hydrogen-bond acceptors (Lipinski definition) is 2. The highest BCUT2D eigenvalue weighted by molar-refractivity contribution is 6.36. The molecular weight excluding hydrogens is 474 g/mol. The van der Waals surface area contributed by atoms with Crippen molar-refractivity contribution >= 4 is 40.6 Å². The van der Waals surface area contributed by atoms with Gasteiger partial charge in [0.05, 0.1) is 16.6 Å². The summed E-state index contributed by atoms with van der Waals surface area (Å²) in [6.45, 7) is 8.52. The Morgan fingerprint density at radius 3 is 2.42 bits per heavy atom. The van der Waals surface area contributed by atoms with Gasteiger partial charge in [-0.15, -0.1) is 0 Å². The van der Waals surface area contributed by atoms with Crippen LogP contribution in [0.1, 0.15) is 48.3 Å². The number of nitrogens with zero attached hydrogens (tertiary/aromatic N) is 2. The molecule has 0 aliphatic rings. The van der Waals surface area contributed by atoms with Crippen LogP contribution in [-0.4, -0.2) is 22.5 Å². The minimum atomic E-state index is -4.40. The van der Waals surface area contributed by atoms with E-state index < -0.39 is 11.7 Å². The van der Waals surface area contributed by atoms with E-state index in [1.165, 1.54) is 0 Å². The van der Waals surface area contributed by atoms with E-state index in [9.17, 15) is 18.0 Å². The maximum atomic E-state index is 13.1. The highest BCUT2D eigenvalue weighted by Crippen LogP contribution is 2.34. The minimum Gasteiger partial charge on any atom is -0.358 e. The standard InChI is InChI=1S/C18H15Cl2F3N2.C6H13NO/c1-9-4-5-13(19)12(16(9)20)8-15-24-17-10(2)6-11(18(21,22)23)7-14(17)25(15)3;1-3-6(2)4-7-5-8/h4-7H,8H2,1-3H3;5-6H,3-4H2,1-2H3,(H,7,8). The van der Waals surface area contributed by atoms with Crippen molar-refractivity contribution in [2.75, 3.05) is 6.54 Å². The van der Waals surface area contributed by atoms with Crippen LogP contribution in [0.25, 0.3) is 11.0 Å². The second-order valence-corrected chi connectivity index (χ2v) is 8.90. The van der Waals surface area contributed by atoms with Crippen molar-refractivity contribution in [3.8, 4) is 0 Å². The van der Waals surface area contributed by atoms with E-state index in [4.69, 9.17) is 23.2 Å². The zero-order valence-corrected chi connectivity index (χ0v) is 20.8. The third-order valence-electron chi connectivity index (χ3n) is 5.56. The van der Waals surface area contributed by atoms with Gasteiger partial charge in [-0.25, -0.2) is 4.98 Å². The van der Waals surface area contributed by atoms with Gasteiger partial charge in [0.25, 0.3) is 0 Å². The van der Waals surface area contributed by atoms with Gasteiger partial charge in [0, 0.05) is 30.1 Å². The van der Waals surface area contributed by atoms with E-state index in [0.29, 0.717) is 44.8 Å². The fraction of sp³-hybridized carbons (Fsp3) is 0.417. The number of benzene rings is 2. The van der Waals surface area contributed by atoms with Crippen LogP contribution in [-0.2, 0) is 24.4 Å². The Hall–Kier alpha value is -2.25. The number of imidazole rings is 1. The normalized spacial score (nSPS) is 12.3. The molecule has 1 amide bonds. The molecule has 0 bridgehead atoms. The van der Waals surface area contributed by atoms with Crippen LogP contribution in [0.2, 0.25) is 10.0 Å². The summed E-state index contributed by atoms with van der Waals surface area (Å²) in [4.78, 5) is 14.2. The fourth-order valence-corrected chi connectivity index (χ4v) is 3.76. The average molecular weight is 502 g/mol. The molecule has 33 heavy (non-hydrogen) atoms. The zero-order chi connectivity index (χ0) is 24.9. The van der Waals surface area contributed by atoms with Crippen molar-refractivity contribution in [2.24, 2.45) is 13.0 Å². The van der Waals surface area contributed by atoms with Crippen LogP contribution in [0.3, 0.4) is 0 Å². The summed E-state index contributed by atoms with van der Waals surface area (Å²) in [5.74, 6) is 1.21. The van der Waals surface area contributed by atoms with E-state index in [-0.39, 0.29) is 0 Å². The molecule has 0 aliphatic carbocycles. The van der Waals surface area contributed by atoms with E-state index in [2.05, 4.69) is 24.1 Å². The molecule has 1 atom stereocenters. The van der Waals surface area contributed by atoms with Gasteiger partial charge in [0.2, 0.25) is 6.41 Å². The molecule has 2 aromatic carbocycles. The van der Waals surface area contributed by atoms with E-state index in [1.807, 2.05) is 13.0 Å². The second-order valence-electron chi connectivity index (χ2n) is 8.12. The quantitative estimate of drug-likeness (QED) is 0.374. The molecule has 0 spiro atoms. The van der Waals surface area contributed by atoms with Crippen LogP contribution in [0.4, 0.5) is 13.2 Å². The number of nitrogens with one attached hydrogen (secondary N) is 1. The van der Waals surface area contributed by atoms with Crippen molar-refractivity contribution in [2.45, 2.75) is 46.7 Å². The van der Waals surface area contributed by atoms with Crippen molar-refractivity contribution in [1.82, 2.24) is 14.9 Å². The molecule has 0 saturated heterocycles. The maximum absolute atomic E-state index is 13.1. The molecule has 180 valence electrons. The molecule has 3 aromatic rings. The number of fused-ring (bicyclic) bond motifs is 1. The van der Waals surface area contributed by atoms with Crippen LogP contribution >= 0.6 is 23.2 Å². The Kier molecular flexibility index (Phi) is 9.20. The van der Waals surface area contributed by atoms with Crippen molar-refractivity contribution in [1.29, 1.82) is 0 Å². The molecule has 1 aromatic heterocycles. The van der Waals surface area contributed by atoms with Crippen LogP contribution in [0.15, 0.2) is 24.3 Å². The molecule has 1 unspecified atom stereocenters. The summed E-state index contributed by atoms with van der Waals surface area (Å²) < 4.78 is 40.9. The molecule has 0 radical (unpaired) electrons. The summed E-state index contributed by atoms with van der Waals surface area (Å²) in [5, 5.41) is 3.68. The highest BCUT2D eigenvalue weighted by Gasteiger charge is 2.31. The molecule has 4 nitrogen and oxygen atoms in total. The third-order valence-corrected chi connectivity index (χ3v) is 6.44. The predicted molar refractivity (Wildman–Crippen MR) is 128 cm³/mol. The number of rotatable bonds is 6. The number of carbonyl (C=O) groups excluding carboxylic acids is 1. The van der Waals surface area contributed by atoms with Crippen LogP contribution in [0, 0.1) is 19.8 Å². The first-order chi connectivity index (χ1) is 15.4. The predicted octanol–water partition coefficient (Wildman–Crippen LogP) is 6.89. The maximum Gasteiger partial charge on any atom is 0.416 e. The third kappa shape index (κ3) is 6.64. The molecule has 1 heterocycles. The first-order valence-electron chi connectivity index (χ1n) is 10.5. The summed E-state index contributed by atoms with van der Waals surface area (Å²) in [6, 6.07) is 5.82. The lowest BCUT2D eigenvalue weighted by atomic mass is 10.1. The van der Waals surface area contributed by atoms with Gasteiger partial charge < -0.3 is 9.88 Å². The lowest BCUT2D eigenvalue weighted by Crippen LogP contribution is -2.18. The molecule has 0 aliphatic heterocycles. The number of carbonyl (C=O) groups is 1. The molecule has 1 N–H and O–H groups in total. The van der Waals surface area contributed by atoms with Gasteiger partial charge in [-0.1, -0.05) is 49.5 Å². The smallest absolute Gasteiger partial charge is 0.358 e. The van der Waals surface area contributed by atoms with E-state index >= 15 is 0 Å². The van der Waals surface area contributed by atoms with Gasteiger partial charge in [0.15, 0.2) is 0 Å². The minimum absolute atomic E-state index is 0.339. The van der Waals surface area contributed by atoms with E-state index in [0.717, 1.165) is 42.6 Å². The number of halogens is 5. The second kappa shape index (κ2) is 11.3. The Bertz CT molecular complexity index is 1130. The summed E-state index contributed by atoms with van der Waals surface area (Å²) in [5.41, 5.74) is 2.38. The Morgan fingerprint density at radius 2 is 1.85 bits per heavy atom. The largest absolute Gasteiger partial charge is 0.416 e. The number of aryl methyl sites for hydroxylation is 3. The van der Waals surface area contributed by atoms with Gasteiger partial charge in [0.1, 0.15) is 5.82 Å². The Labute approximate surface area is 202 Å². The van der Waals surface area contributed by atoms with Crippen molar-refractivity contribution < 1.29 is 18.0 Å². The highest BCUT2D eigenvalue weighted by atomic mass is 35.5. The number of hydrogen-bond donors (Lipinski definition) is 1. The number of aromatic nitrogens is 2. The molecule has 0 saturated carbocycles. The monoisotopic (exact) mass is 501 g/mol. The number of alkyl halides is 3. The average Bonchev–Trinajstić information content (AvgIpc) is 3.08. The SMILES string of the molecule is CCC(C)CNC=O.Cc1ccc(Cl)c(Cc2nc3c(C)cc(C(F)(F)F)cc3n2C)c1Cl. The lowest BCUT2D eigenvalue weighted by Gasteiger charge is -2.10. The molecular formula is C24H28Cl2F3N3O. The zero-order valence-electron chi connectivity index (χ0n) is 19.3. The van der Waals surface area contributed by atoms with Crippen molar-refractivity contribution in [3.05, 3.63) is 62.4 Å². The Balaban J connectivity index is 0.000000414. The van der Waals surface area contributed by atoms with Gasteiger partial charge in [-0.2, -0.15) is 13.2 Å². The summed E-state index contributed by atoms with van der Waals surface area (Å²) >= 11 is 12.6. The fourth-order valence-electron chi connectivity index (χ4n) is 3.26. The first kappa shape index (κ1) is 27.0.